The van der Waals surface area contributed by atoms with E-state index < -0.39 is 16.1 Å². The van der Waals surface area contributed by atoms with Crippen LogP contribution >= 0.6 is 0 Å². The zero-order chi connectivity index (χ0) is 20.3. The second-order valence-electron chi connectivity index (χ2n) is 7.02. The lowest BCUT2D eigenvalue weighted by molar-refractivity contribution is -0.183. The second kappa shape index (κ2) is 8.41. The number of rotatable bonds is 5. The van der Waals surface area contributed by atoms with Gasteiger partial charge in [-0.1, -0.05) is 48.0 Å². The third kappa shape index (κ3) is 4.70. The first kappa shape index (κ1) is 19.7. The lowest BCUT2D eigenvalue weighted by atomic mass is 10.1. The smallest absolute Gasteiger partial charge is 0.247 e. The summed E-state index contributed by atoms with van der Waals surface area (Å²) in [5.74, 6) is -0.138. The number of aryl methyl sites for hydroxylation is 1. The highest BCUT2D eigenvalue weighted by Gasteiger charge is 2.21. The molecule has 1 fully saturated rings. The van der Waals surface area contributed by atoms with Gasteiger partial charge in [-0.25, -0.2) is 18.4 Å². The highest BCUT2D eigenvalue weighted by molar-refractivity contribution is 7.90. The molecule has 3 aromatic rings. The van der Waals surface area contributed by atoms with Crippen LogP contribution in [0, 0.1) is 6.92 Å². The molecule has 0 bridgehead atoms. The maximum absolute atomic E-state index is 12.8. The van der Waals surface area contributed by atoms with Crippen LogP contribution in [0.3, 0.4) is 0 Å². The van der Waals surface area contributed by atoms with Crippen molar-refractivity contribution in [3.05, 3.63) is 77.5 Å². The van der Waals surface area contributed by atoms with E-state index in [1.807, 2.05) is 55.5 Å². The summed E-state index contributed by atoms with van der Waals surface area (Å²) in [5, 5.41) is -0.175. The van der Waals surface area contributed by atoms with Crippen molar-refractivity contribution in [1.29, 1.82) is 0 Å². The lowest BCUT2D eigenvalue weighted by Crippen LogP contribution is -2.17. The molecule has 0 unspecified atom stereocenters. The van der Waals surface area contributed by atoms with Gasteiger partial charge in [-0.3, -0.25) is 0 Å². The largest absolute Gasteiger partial charge is 0.348 e. The van der Waals surface area contributed by atoms with Crippen LogP contribution in [0.15, 0.2) is 66.0 Å². The SMILES string of the molecule is Cc1ccc(CS(=O)(=O)c2nccc(-c3cccc(C4OCCCO4)c3)n2)cc1. The van der Waals surface area contributed by atoms with Gasteiger partial charge in [-0.05, 0) is 31.0 Å². The summed E-state index contributed by atoms with van der Waals surface area (Å²) in [5.41, 5.74) is 3.99. The molecule has 1 aliphatic rings. The fourth-order valence-corrected chi connectivity index (χ4v) is 4.36. The Morgan fingerprint density at radius 1 is 1.03 bits per heavy atom. The Hall–Kier alpha value is -2.61. The van der Waals surface area contributed by atoms with Gasteiger partial charge in [-0.15, -0.1) is 0 Å². The van der Waals surface area contributed by atoms with Crippen molar-refractivity contribution in [1.82, 2.24) is 9.97 Å². The Bertz CT molecular complexity index is 1090. The number of ether oxygens (including phenoxy) is 2. The molecule has 0 radical (unpaired) electrons. The van der Waals surface area contributed by atoms with E-state index in [-0.39, 0.29) is 10.9 Å². The van der Waals surface area contributed by atoms with E-state index in [9.17, 15) is 8.42 Å². The van der Waals surface area contributed by atoms with Crippen LogP contribution in [0.4, 0.5) is 0 Å². The summed E-state index contributed by atoms with van der Waals surface area (Å²) in [4.78, 5) is 8.35. The monoisotopic (exact) mass is 410 g/mol. The molecule has 1 aliphatic heterocycles. The zero-order valence-corrected chi connectivity index (χ0v) is 16.9. The molecule has 4 rings (SSSR count). The van der Waals surface area contributed by atoms with E-state index in [1.165, 1.54) is 6.20 Å². The Morgan fingerprint density at radius 2 is 1.79 bits per heavy atom. The first-order chi connectivity index (χ1) is 14.0. The van der Waals surface area contributed by atoms with Crippen LogP contribution < -0.4 is 0 Å². The number of hydrogen-bond acceptors (Lipinski definition) is 6. The lowest BCUT2D eigenvalue weighted by Gasteiger charge is -2.23. The molecule has 2 aromatic carbocycles. The maximum Gasteiger partial charge on any atom is 0.247 e. The van der Waals surface area contributed by atoms with Gasteiger partial charge in [0.05, 0.1) is 24.7 Å². The van der Waals surface area contributed by atoms with E-state index >= 15 is 0 Å². The van der Waals surface area contributed by atoms with Gasteiger partial charge in [0.2, 0.25) is 15.0 Å². The molecular formula is C22H22N2O4S. The molecular weight excluding hydrogens is 388 g/mol. The molecule has 1 saturated heterocycles. The Balaban J connectivity index is 1.60. The summed E-state index contributed by atoms with van der Waals surface area (Å²) in [6.45, 7) is 3.27. The zero-order valence-electron chi connectivity index (χ0n) is 16.1. The highest BCUT2D eigenvalue weighted by atomic mass is 32.2. The Morgan fingerprint density at radius 3 is 2.55 bits per heavy atom. The molecule has 7 heteroatoms. The van der Waals surface area contributed by atoms with Gasteiger partial charge in [0.15, 0.2) is 6.29 Å². The average Bonchev–Trinajstić information content (AvgIpc) is 2.76. The van der Waals surface area contributed by atoms with Gasteiger partial charge in [0, 0.05) is 17.3 Å². The minimum absolute atomic E-state index is 0.138. The van der Waals surface area contributed by atoms with Crippen LogP contribution in [-0.4, -0.2) is 31.6 Å². The molecule has 6 nitrogen and oxygen atoms in total. The molecule has 0 N–H and O–H groups in total. The molecule has 150 valence electrons. The van der Waals surface area contributed by atoms with Crippen LogP contribution in [0.1, 0.15) is 29.4 Å². The van der Waals surface area contributed by atoms with Crippen LogP contribution in [0.5, 0.6) is 0 Å². The van der Waals surface area contributed by atoms with Crippen molar-refractivity contribution in [2.24, 2.45) is 0 Å². The average molecular weight is 410 g/mol. The third-order valence-corrected chi connectivity index (χ3v) is 6.14. The minimum atomic E-state index is -3.66. The molecule has 0 saturated carbocycles. The predicted molar refractivity (Wildman–Crippen MR) is 109 cm³/mol. The summed E-state index contributed by atoms with van der Waals surface area (Å²) >= 11 is 0. The topological polar surface area (TPSA) is 78.4 Å². The van der Waals surface area contributed by atoms with Crippen molar-refractivity contribution in [2.75, 3.05) is 13.2 Å². The summed E-state index contributed by atoms with van der Waals surface area (Å²) in [6, 6.07) is 16.7. The number of sulfone groups is 1. The number of hydrogen-bond donors (Lipinski definition) is 0. The third-order valence-electron chi connectivity index (χ3n) is 4.67. The van der Waals surface area contributed by atoms with Crippen molar-refractivity contribution < 1.29 is 17.9 Å². The van der Waals surface area contributed by atoms with E-state index in [1.54, 1.807) is 6.07 Å². The van der Waals surface area contributed by atoms with Gasteiger partial charge in [0.1, 0.15) is 0 Å². The van der Waals surface area contributed by atoms with Gasteiger partial charge in [-0.2, -0.15) is 0 Å². The first-order valence-corrected chi connectivity index (χ1v) is 11.1. The Labute approximate surface area is 170 Å². The van der Waals surface area contributed by atoms with E-state index in [2.05, 4.69) is 9.97 Å². The second-order valence-corrected chi connectivity index (χ2v) is 8.90. The Kier molecular flexibility index (Phi) is 5.71. The maximum atomic E-state index is 12.8. The molecule has 0 aliphatic carbocycles. The van der Waals surface area contributed by atoms with E-state index in [4.69, 9.17) is 9.47 Å². The normalized spacial score (nSPS) is 15.3. The quantitative estimate of drug-likeness (QED) is 0.595. The standard InChI is InChI=1S/C22H22N2O4S/c1-16-6-8-17(9-7-16)15-29(25,26)22-23-11-10-20(24-22)18-4-2-5-19(14-18)21-27-12-3-13-28-21/h2,4-11,14,21H,3,12-13,15H2,1H3. The summed E-state index contributed by atoms with van der Waals surface area (Å²) in [6.07, 6.45) is 1.95. The van der Waals surface area contributed by atoms with Crippen LogP contribution in [0.25, 0.3) is 11.3 Å². The number of aromatic nitrogens is 2. The molecule has 2 heterocycles. The van der Waals surface area contributed by atoms with Crippen molar-refractivity contribution in [2.45, 2.75) is 30.5 Å². The summed E-state index contributed by atoms with van der Waals surface area (Å²) < 4.78 is 37.0. The molecule has 29 heavy (non-hydrogen) atoms. The van der Waals surface area contributed by atoms with Gasteiger partial charge in [0.25, 0.3) is 0 Å². The molecule has 1 aromatic heterocycles. The van der Waals surface area contributed by atoms with Gasteiger partial charge >= 0.3 is 0 Å². The van der Waals surface area contributed by atoms with Crippen LogP contribution in [-0.2, 0) is 25.1 Å². The van der Waals surface area contributed by atoms with Gasteiger partial charge < -0.3 is 9.47 Å². The molecule has 0 atom stereocenters. The minimum Gasteiger partial charge on any atom is -0.348 e. The number of benzene rings is 2. The fourth-order valence-electron chi connectivity index (χ4n) is 3.14. The van der Waals surface area contributed by atoms with Crippen molar-refractivity contribution in [3.63, 3.8) is 0 Å². The van der Waals surface area contributed by atoms with Crippen molar-refractivity contribution in [3.8, 4) is 11.3 Å². The fraction of sp³-hybridized carbons (Fsp3) is 0.273. The predicted octanol–water partition coefficient (Wildman–Crippen LogP) is 3.86. The summed E-state index contributed by atoms with van der Waals surface area (Å²) in [7, 11) is -3.66. The van der Waals surface area contributed by atoms with Crippen molar-refractivity contribution >= 4 is 9.84 Å². The first-order valence-electron chi connectivity index (χ1n) is 9.46. The van der Waals surface area contributed by atoms with Crippen LogP contribution in [0.2, 0.25) is 0 Å². The number of nitrogens with zero attached hydrogens (tertiary/aromatic N) is 2. The molecule has 0 amide bonds. The van der Waals surface area contributed by atoms with E-state index in [0.717, 1.165) is 23.1 Å². The molecule has 0 spiro atoms. The van der Waals surface area contributed by atoms with E-state index in [0.29, 0.717) is 24.5 Å². The highest BCUT2D eigenvalue weighted by Crippen LogP contribution is 2.27.